The van der Waals surface area contributed by atoms with E-state index in [1.54, 1.807) is 28.8 Å². The molecule has 24 heavy (non-hydrogen) atoms. The van der Waals surface area contributed by atoms with Crippen molar-refractivity contribution in [3.63, 3.8) is 0 Å². The van der Waals surface area contributed by atoms with Gasteiger partial charge in [-0.3, -0.25) is 9.59 Å². The normalized spacial score (nSPS) is 17.4. The largest absolute Gasteiger partial charge is 0.373 e. The fourth-order valence-electron chi connectivity index (χ4n) is 3.29. The Bertz CT molecular complexity index is 796. The number of benzene rings is 1. The molecule has 2 heterocycles. The van der Waals surface area contributed by atoms with Crippen LogP contribution in [0.1, 0.15) is 27.8 Å². The summed E-state index contributed by atoms with van der Waals surface area (Å²) in [5.74, 6) is -0.337. The monoisotopic (exact) mass is 326 g/mol. The second-order valence-corrected chi connectivity index (χ2v) is 6.48. The lowest BCUT2D eigenvalue weighted by Crippen LogP contribution is -2.35. The maximum Gasteiger partial charge on any atom is 0.274 e. The van der Waals surface area contributed by atoms with Crippen molar-refractivity contribution in [3.8, 4) is 0 Å². The van der Waals surface area contributed by atoms with Gasteiger partial charge >= 0.3 is 0 Å². The van der Waals surface area contributed by atoms with E-state index in [0.29, 0.717) is 23.7 Å². The lowest BCUT2D eigenvalue weighted by Gasteiger charge is -2.24. The summed E-state index contributed by atoms with van der Waals surface area (Å²) >= 11 is 0. The van der Waals surface area contributed by atoms with E-state index < -0.39 is 5.91 Å². The number of carbonyl (C=O) groups excluding carboxylic acids is 2. The summed E-state index contributed by atoms with van der Waals surface area (Å²) in [6, 6.07) is 9.45. The number of hydrogen-bond acceptors (Lipinski definition) is 3. The molecule has 6 nitrogen and oxygen atoms in total. The second kappa shape index (κ2) is 6.03. The summed E-state index contributed by atoms with van der Waals surface area (Å²) < 4.78 is 1.66. The zero-order valence-electron chi connectivity index (χ0n) is 14.2. The first-order chi connectivity index (χ1) is 11.4. The third kappa shape index (κ3) is 2.75. The second-order valence-electron chi connectivity index (χ2n) is 6.48. The minimum atomic E-state index is -0.533. The highest BCUT2D eigenvalue weighted by atomic mass is 16.2. The van der Waals surface area contributed by atoms with Gasteiger partial charge in [0.25, 0.3) is 5.91 Å². The number of anilines is 2. The molecule has 1 aromatic heterocycles. The van der Waals surface area contributed by atoms with Crippen molar-refractivity contribution < 1.29 is 9.59 Å². The lowest BCUT2D eigenvalue weighted by atomic mass is 10.1. The van der Waals surface area contributed by atoms with Crippen molar-refractivity contribution in [3.05, 3.63) is 47.8 Å². The summed E-state index contributed by atoms with van der Waals surface area (Å²) in [5, 5.41) is 0. The van der Waals surface area contributed by atoms with Gasteiger partial charge < -0.3 is 20.1 Å². The number of hydrogen-bond donors (Lipinski definition) is 1. The van der Waals surface area contributed by atoms with Crippen LogP contribution in [-0.4, -0.2) is 36.5 Å². The number of carbonyl (C=O) groups is 2. The molecule has 1 aliphatic rings. The third-order valence-electron chi connectivity index (χ3n) is 4.42. The van der Waals surface area contributed by atoms with Crippen molar-refractivity contribution in [1.29, 1.82) is 0 Å². The number of amides is 2. The van der Waals surface area contributed by atoms with Crippen LogP contribution in [0.2, 0.25) is 0 Å². The van der Waals surface area contributed by atoms with E-state index in [9.17, 15) is 9.59 Å². The summed E-state index contributed by atoms with van der Waals surface area (Å²) in [4.78, 5) is 28.5. The van der Waals surface area contributed by atoms with Crippen LogP contribution in [0.15, 0.2) is 36.5 Å². The highest BCUT2D eigenvalue weighted by Crippen LogP contribution is 2.33. The Morgan fingerprint density at radius 2 is 1.79 bits per heavy atom. The van der Waals surface area contributed by atoms with E-state index >= 15 is 0 Å². The number of aryl methyl sites for hydroxylation is 1. The molecule has 126 valence electrons. The van der Waals surface area contributed by atoms with E-state index in [-0.39, 0.29) is 5.91 Å². The maximum atomic E-state index is 13.2. The Morgan fingerprint density at radius 3 is 2.42 bits per heavy atom. The first-order valence-corrected chi connectivity index (χ1v) is 7.96. The van der Waals surface area contributed by atoms with Crippen LogP contribution < -0.4 is 15.5 Å². The molecule has 2 amide bonds. The quantitative estimate of drug-likeness (QED) is 0.915. The molecule has 0 radical (unpaired) electrons. The van der Waals surface area contributed by atoms with Crippen LogP contribution in [0.25, 0.3) is 0 Å². The number of nitrogens with two attached hydrogens (primary N) is 1. The molecule has 3 rings (SSSR count). The minimum absolute atomic E-state index is 0.125. The smallest absolute Gasteiger partial charge is 0.274 e. The highest BCUT2D eigenvalue weighted by molar-refractivity contribution is 6.08. The van der Waals surface area contributed by atoms with Crippen molar-refractivity contribution in [2.24, 2.45) is 18.7 Å². The minimum Gasteiger partial charge on any atom is -0.373 e. The average Bonchev–Trinajstić information content (AvgIpc) is 2.88. The SMILES string of the molecule is CC1CN(C)c2ccccc2N(C(=O)c2cc(C(N)=O)cn2C)C1. The molecule has 0 saturated carbocycles. The number of para-hydroxylation sites is 2. The van der Waals surface area contributed by atoms with Crippen LogP contribution in [0.4, 0.5) is 11.4 Å². The van der Waals surface area contributed by atoms with Gasteiger partial charge in [0, 0.05) is 33.4 Å². The molecule has 0 fully saturated rings. The predicted molar refractivity (Wildman–Crippen MR) is 94.5 cm³/mol. The standard InChI is InChI=1S/C18H22N4O2/c1-12-9-20(2)14-6-4-5-7-15(14)22(10-12)18(24)16-8-13(17(19)23)11-21(16)3/h4-8,11-12H,9-10H2,1-3H3,(H2,19,23). The molecule has 0 aliphatic carbocycles. The van der Waals surface area contributed by atoms with Gasteiger partial charge in [0.05, 0.1) is 16.9 Å². The van der Waals surface area contributed by atoms with E-state index in [4.69, 9.17) is 5.73 Å². The van der Waals surface area contributed by atoms with Crippen molar-refractivity contribution in [1.82, 2.24) is 4.57 Å². The number of fused-ring (bicyclic) bond motifs is 1. The van der Waals surface area contributed by atoms with Gasteiger partial charge in [-0.25, -0.2) is 0 Å². The highest BCUT2D eigenvalue weighted by Gasteiger charge is 2.28. The fraction of sp³-hybridized carbons (Fsp3) is 0.333. The summed E-state index contributed by atoms with van der Waals surface area (Å²) in [5.41, 5.74) is 8.04. The average molecular weight is 326 g/mol. The van der Waals surface area contributed by atoms with Gasteiger partial charge in [0.2, 0.25) is 5.91 Å². The third-order valence-corrected chi connectivity index (χ3v) is 4.42. The predicted octanol–water partition coefficient (Wildman–Crippen LogP) is 1.86. The van der Waals surface area contributed by atoms with E-state index in [0.717, 1.165) is 17.9 Å². The molecule has 0 bridgehead atoms. The molecular formula is C18H22N4O2. The Balaban J connectivity index is 2.05. The van der Waals surface area contributed by atoms with E-state index in [1.165, 1.54) is 0 Å². The van der Waals surface area contributed by atoms with Crippen LogP contribution in [0.3, 0.4) is 0 Å². The number of aromatic nitrogens is 1. The zero-order valence-corrected chi connectivity index (χ0v) is 14.2. The van der Waals surface area contributed by atoms with Crippen LogP contribution in [0.5, 0.6) is 0 Å². The van der Waals surface area contributed by atoms with Gasteiger partial charge in [0.1, 0.15) is 5.69 Å². The molecule has 1 aliphatic heterocycles. The Labute approximate surface area is 141 Å². The molecule has 1 unspecified atom stereocenters. The molecule has 6 heteroatoms. The number of rotatable bonds is 2. The molecule has 2 N–H and O–H groups in total. The summed E-state index contributed by atoms with van der Waals surface area (Å²) in [6.07, 6.45) is 1.59. The Morgan fingerprint density at radius 1 is 1.12 bits per heavy atom. The zero-order chi connectivity index (χ0) is 17.4. The molecule has 2 aromatic rings. The lowest BCUT2D eigenvalue weighted by molar-refractivity contribution is 0.0975. The molecule has 1 atom stereocenters. The van der Waals surface area contributed by atoms with Crippen molar-refractivity contribution in [2.75, 3.05) is 29.9 Å². The van der Waals surface area contributed by atoms with Crippen molar-refractivity contribution >= 4 is 23.2 Å². The number of nitrogens with zero attached hydrogens (tertiary/aromatic N) is 3. The van der Waals surface area contributed by atoms with Crippen molar-refractivity contribution in [2.45, 2.75) is 6.92 Å². The van der Waals surface area contributed by atoms with Gasteiger partial charge in [-0.1, -0.05) is 19.1 Å². The van der Waals surface area contributed by atoms with Crippen LogP contribution in [-0.2, 0) is 7.05 Å². The van der Waals surface area contributed by atoms with Crippen LogP contribution in [0, 0.1) is 5.92 Å². The van der Waals surface area contributed by atoms with Gasteiger partial charge in [-0.05, 0) is 24.1 Å². The number of primary amides is 1. The maximum absolute atomic E-state index is 13.2. The van der Waals surface area contributed by atoms with Gasteiger partial charge in [-0.15, -0.1) is 0 Å². The fourth-order valence-corrected chi connectivity index (χ4v) is 3.29. The Hall–Kier alpha value is -2.76. The summed E-state index contributed by atoms with van der Waals surface area (Å²) in [7, 11) is 3.79. The Kier molecular flexibility index (Phi) is 4.05. The molecular weight excluding hydrogens is 304 g/mol. The molecule has 1 aromatic carbocycles. The van der Waals surface area contributed by atoms with Gasteiger partial charge in [0.15, 0.2) is 0 Å². The first kappa shape index (κ1) is 16.1. The molecule has 0 spiro atoms. The van der Waals surface area contributed by atoms with Crippen LogP contribution >= 0.6 is 0 Å². The molecule has 0 saturated heterocycles. The topological polar surface area (TPSA) is 71.6 Å². The van der Waals surface area contributed by atoms with E-state index in [2.05, 4.69) is 11.8 Å². The van der Waals surface area contributed by atoms with E-state index in [1.807, 2.05) is 31.3 Å². The first-order valence-electron chi connectivity index (χ1n) is 7.96. The summed E-state index contributed by atoms with van der Waals surface area (Å²) in [6.45, 7) is 3.63. The van der Waals surface area contributed by atoms with Gasteiger partial charge in [-0.2, -0.15) is 0 Å².